The first-order valence-electron chi connectivity index (χ1n) is 4.72. The number of hydrogen-bond acceptors (Lipinski definition) is 3. The fraction of sp³-hybridized carbons (Fsp3) is 0.167. The Morgan fingerprint density at radius 3 is 2.47 bits per heavy atom. The van der Waals surface area contributed by atoms with Gasteiger partial charge in [0, 0.05) is 0 Å². The Hall–Kier alpha value is -1.32. The van der Waals surface area contributed by atoms with Crippen LogP contribution in [0, 0.1) is 0 Å². The van der Waals surface area contributed by atoms with E-state index in [4.69, 9.17) is 23.2 Å². The third-order valence-corrected chi connectivity index (χ3v) is 2.73. The molecular formula is C12H10Cl2O3. The molecule has 0 heterocycles. The molecule has 1 rings (SSSR count). The Balaban J connectivity index is 3.28. The number of halogens is 2. The van der Waals surface area contributed by atoms with Crippen LogP contribution in [0.2, 0.25) is 10.0 Å². The molecule has 0 aromatic heterocycles. The van der Waals surface area contributed by atoms with E-state index in [2.05, 4.69) is 4.74 Å². The van der Waals surface area contributed by atoms with Gasteiger partial charge in [-0.1, -0.05) is 29.3 Å². The lowest BCUT2D eigenvalue weighted by atomic mass is 10.1. The zero-order valence-electron chi connectivity index (χ0n) is 9.29. The Morgan fingerprint density at radius 2 is 1.94 bits per heavy atom. The lowest BCUT2D eigenvalue weighted by Crippen LogP contribution is -2.04. The van der Waals surface area contributed by atoms with E-state index >= 15 is 0 Å². The van der Waals surface area contributed by atoms with Crippen LogP contribution in [0.4, 0.5) is 0 Å². The number of esters is 1. The SMILES string of the molecule is COC(=O)c1c(Cl)ccc(/C=C/C(C)=O)c1Cl. The molecule has 5 heteroatoms. The predicted octanol–water partition coefficient (Wildman–Crippen LogP) is 3.38. The van der Waals surface area contributed by atoms with Crippen molar-refractivity contribution >= 4 is 41.0 Å². The second-order valence-electron chi connectivity index (χ2n) is 3.26. The zero-order valence-corrected chi connectivity index (χ0v) is 10.8. The molecule has 0 saturated carbocycles. The number of hydrogen-bond donors (Lipinski definition) is 0. The summed E-state index contributed by atoms with van der Waals surface area (Å²) in [5.41, 5.74) is 0.633. The highest BCUT2D eigenvalue weighted by molar-refractivity contribution is 6.40. The molecule has 0 atom stereocenters. The number of allylic oxidation sites excluding steroid dienone is 1. The monoisotopic (exact) mass is 272 g/mol. The molecular weight excluding hydrogens is 263 g/mol. The Labute approximate surface area is 109 Å². The predicted molar refractivity (Wildman–Crippen MR) is 67.5 cm³/mol. The minimum atomic E-state index is -0.613. The van der Waals surface area contributed by atoms with Gasteiger partial charge in [-0.05, 0) is 30.7 Å². The first-order valence-corrected chi connectivity index (χ1v) is 5.48. The number of carbonyl (C=O) groups is 2. The fourth-order valence-corrected chi connectivity index (χ4v) is 1.78. The van der Waals surface area contributed by atoms with Gasteiger partial charge in [-0.3, -0.25) is 4.79 Å². The van der Waals surface area contributed by atoms with Crippen molar-refractivity contribution in [2.75, 3.05) is 7.11 Å². The van der Waals surface area contributed by atoms with Gasteiger partial charge in [0.2, 0.25) is 0 Å². The van der Waals surface area contributed by atoms with Gasteiger partial charge >= 0.3 is 5.97 Å². The maximum absolute atomic E-state index is 11.5. The van der Waals surface area contributed by atoms with Crippen LogP contribution in [0.25, 0.3) is 6.08 Å². The number of benzene rings is 1. The minimum absolute atomic E-state index is 0.0986. The highest BCUT2D eigenvalue weighted by Gasteiger charge is 2.17. The summed E-state index contributed by atoms with van der Waals surface area (Å²) in [6.07, 6.45) is 2.88. The van der Waals surface area contributed by atoms with Crippen LogP contribution < -0.4 is 0 Å². The van der Waals surface area contributed by atoms with Crippen molar-refractivity contribution < 1.29 is 14.3 Å². The molecule has 0 amide bonds. The fourth-order valence-electron chi connectivity index (χ4n) is 1.19. The van der Waals surface area contributed by atoms with Crippen molar-refractivity contribution in [3.63, 3.8) is 0 Å². The van der Waals surface area contributed by atoms with Crippen molar-refractivity contribution in [1.29, 1.82) is 0 Å². The molecule has 1 aromatic rings. The minimum Gasteiger partial charge on any atom is -0.465 e. The van der Waals surface area contributed by atoms with Crippen LogP contribution in [0.5, 0.6) is 0 Å². The Bertz CT molecular complexity index is 493. The normalized spacial score (nSPS) is 10.6. The lowest BCUT2D eigenvalue weighted by Gasteiger charge is -2.07. The summed E-state index contributed by atoms with van der Waals surface area (Å²) in [4.78, 5) is 22.3. The maximum Gasteiger partial charge on any atom is 0.340 e. The second-order valence-corrected chi connectivity index (χ2v) is 4.05. The quantitative estimate of drug-likeness (QED) is 0.626. The number of ether oxygens (including phenoxy) is 1. The van der Waals surface area contributed by atoms with Gasteiger partial charge in [0.25, 0.3) is 0 Å². The van der Waals surface area contributed by atoms with Gasteiger partial charge in [-0.15, -0.1) is 0 Å². The molecule has 0 aliphatic rings. The van der Waals surface area contributed by atoms with Crippen LogP contribution in [0.1, 0.15) is 22.8 Å². The largest absolute Gasteiger partial charge is 0.465 e. The summed E-state index contributed by atoms with van der Waals surface area (Å²) in [6.45, 7) is 1.42. The van der Waals surface area contributed by atoms with E-state index in [1.165, 1.54) is 32.3 Å². The van der Waals surface area contributed by atoms with Crippen molar-refractivity contribution in [2.45, 2.75) is 6.92 Å². The summed E-state index contributed by atoms with van der Waals surface area (Å²) in [5.74, 6) is -0.728. The highest BCUT2D eigenvalue weighted by Crippen LogP contribution is 2.29. The van der Waals surface area contributed by atoms with Crippen molar-refractivity contribution in [3.8, 4) is 0 Å². The molecule has 0 unspecified atom stereocenters. The van der Waals surface area contributed by atoms with E-state index in [1.807, 2.05) is 0 Å². The molecule has 0 spiro atoms. The van der Waals surface area contributed by atoms with Crippen LogP contribution in [-0.4, -0.2) is 18.9 Å². The van der Waals surface area contributed by atoms with Gasteiger partial charge < -0.3 is 4.74 Å². The van der Waals surface area contributed by atoms with Gasteiger partial charge in [0.1, 0.15) is 0 Å². The van der Waals surface area contributed by atoms with Crippen molar-refractivity contribution in [2.24, 2.45) is 0 Å². The molecule has 0 N–H and O–H groups in total. The van der Waals surface area contributed by atoms with Crippen LogP contribution in [-0.2, 0) is 9.53 Å². The van der Waals surface area contributed by atoms with Crippen LogP contribution in [0.15, 0.2) is 18.2 Å². The molecule has 0 saturated heterocycles. The van der Waals surface area contributed by atoms with Crippen LogP contribution in [0.3, 0.4) is 0 Å². The standard InChI is InChI=1S/C12H10Cl2O3/c1-7(15)3-4-8-5-6-9(13)10(11(8)14)12(16)17-2/h3-6H,1-2H3/b4-3+. The number of rotatable bonds is 3. The molecule has 0 fully saturated rings. The lowest BCUT2D eigenvalue weighted by molar-refractivity contribution is -0.112. The van der Waals surface area contributed by atoms with Gasteiger partial charge in [-0.2, -0.15) is 0 Å². The molecule has 17 heavy (non-hydrogen) atoms. The summed E-state index contributed by atoms with van der Waals surface area (Å²) in [6, 6.07) is 3.15. The van der Waals surface area contributed by atoms with Gasteiger partial charge in [0.05, 0.1) is 22.7 Å². The molecule has 3 nitrogen and oxygen atoms in total. The topological polar surface area (TPSA) is 43.4 Å². The average Bonchev–Trinajstić information content (AvgIpc) is 2.27. The number of carbonyl (C=O) groups excluding carboxylic acids is 2. The smallest absolute Gasteiger partial charge is 0.340 e. The van der Waals surface area contributed by atoms with Gasteiger partial charge in [-0.25, -0.2) is 4.79 Å². The molecule has 0 bridgehead atoms. The van der Waals surface area contributed by atoms with Crippen molar-refractivity contribution in [3.05, 3.63) is 39.4 Å². The zero-order chi connectivity index (χ0) is 13.0. The van der Waals surface area contributed by atoms with Crippen LogP contribution >= 0.6 is 23.2 Å². The summed E-state index contributed by atoms with van der Waals surface area (Å²) in [5, 5.41) is 0.378. The van der Waals surface area contributed by atoms with E-state index in [1.54, 1.807) is 6.07 Å². The van der Waals surface area contributed by atoms with E-state index in [0.29, 0.717) is 5.56 Å². The first kappa shape index (κ1) is 13.7. The van der Waals surface area contributed by atoms with Gasteiger partial charge in [0.15, 0.2) is 5.78 Å². The third-order valence-electron chi connectivity index (χ3n) is 2.01. The molecule has 1 aromatic carbocycles. The number of methoxy groups -OCH3 is 1. The highest BCUT2D eigenvalue weighted by atomic mass is 35.5. The van der Waals surface area contributed by atoms with E-state index in [-0.39, 0.29) is 21.4 Å². The Kier molecular flexibility index (Phi) is 4.73. The first-order chi connectivity index (χ1) is 7.97. The van der Waals surface area contributed by atoms with E-state index < -0.39 is 5.97 Å². The third kappa shape index (κ3) is 3.32. The molecule has 90 valence electrons. The maximum atomic E-state index is 11.5. The van der Waals surface area contributed by atoms with E-state index in [0.717, 1.165) is 0 Å². The summed E-state index contributed by atoms with van der Waals surface area (Å²) < 4.78 is 4.58. The Morgan fingerprint density at radius 1 is 1.29 bits per heavy atom. The average molecular weight is 273 g/mol. The molecule has 0 aliphatic heterocycles. The number of ketones is 1. The molecule has 0 radical (unpaired) electrons. The summed E-state index contributed by atoms with van der Waals surface area (Å²) in [7, 11) is 1.24. The van der Waals surface area contributed by atoms with E-state index in [9.17, 15) is 9.59 Å². The van der Waals surface area contributed by atoms with Crippen molar-refractivity contribution in [1.82, 2.24) is 0 Å². The summed E-state index contributed by atoms with van der Waals surface area (Å²) >= 11 is 11.9. The molecule has 0 aliphatic carbocycles. The second kappa shape index (κ2) is 5.84.